The summed E-state index contributed by atoms with van der Waals surface area (Å²) in [6, 6.07) is 10.6. The number of rotatable bonds is 5. The maximum Gasteiger partial charge on any atom is 0.335 e. The average molecular weight is 318 g/mol. The van der Waals surface area contributed by atoms with Crippen LogP contribution in [0.4, 0.5) is 0 Å². The molecule has 106 valence electrons. The summed E-state index contributed by atoms with van der Waals surface area (Å²) < 4.78 is 5.20. The van der Waals surface area contributed by atoms with Gasteiger partial charge in [-0.25, -0.2) is 4.79 Å². The van der Waals surface area contributed by atoms with E-state index in [4.69, 9.17) is 9.63 Å². The standard InChI is InChI=1S/C14H10N2O3S2/c17-14(18)9-3-1-4-10(7-9)21-8-12-15-13(16-19-12)11-5-2-6-20-11/h1-7H,8H2,(H,17,18). The Hall–Kier alpha value is -2.12. The van der Waals surface area contributed by atoms with Crippen molar-refractivity contribution in [2.75, 3.05) is 0 Å². The summed E-state index contributed by atoms with van der Waals surface area (Å²) in [6.07, 6.45) is 0. The lowest BCUT2D eigenvalue weighted by Crippen LogP contribution is -1.95. The van der Waals surface area contributed by atoms with Crippen LogP contribution in [0.1, 0.15) is 16.2 Å². The monoisotopic (exact) mass is 318 g/mol. The number of aromatic nitrogens is 2. The van der Waals surface area contributed by atoms with E-state index in [-0.39, 0.29) is 5.56 Å². The van der Waals surface area contributed by atoms with Crippen LogP contribution in [0.2, 0.25) is 0 Å². The van der Waals surface area contributed by atoms with Crippen LogP contribution >= 0.6 is 23.1 Å². The van der Waals surface area contributed by atoms with Gasteiger partial charge in [-0.05, 0) is 29.6 Å². The molecule has 0 spiro atoms. The number of benzene rings is 1. The molecule has 3 aromatic rings. The van der Waals surface area contributed by atoms with E-state index in [0.717, 1.165) is 9.77 Å². The summed E-state index contributed by atoms with van der Waals surface area (Å²) in [6.45, 7) is 0. The quantitative estimate of drug-likeness (QED) is 0.721. The first kappa shape index (κ1) is 13.8. The van der Waals surface area contributed by atoms with Gasteiger partial charge < -0.3 is 9.63 Å². The first-order valence-corrected chi connectivity index (χ1v) is 7.91. The Morgan fingerprint density at radius 3 is 3.00 bits per heavy atom. The van der Waals surface area contributed by atoms with Gasteiger partial charge >= 0.3 is 5.97 Å². The molecule has 1 N–H and O–H groups in total. The molecule has 1 aromatic carbocycles. The Labute approximate surface area is 128 Å². The summed E-state index contributed by atoms with van der Waals surface area (Å²) in [7, 11) is 0. The van der Waals surface area contributed by atoms with Crippen molar-refractivity contribution in [3.63, 3.8) is 0 Å². The molecule has 0 radical (unpaired) electrons. The maximum absolute atomic E-state index is 10.9. The van der Waals surface area contributed by atoms with Crippen molar-refractivity contribution in [2.24, 2.45) is 0 Å². The fourth-order valence-electron chi connectivity index (χ4n) is 1.68. The lowest BCUT2D eigenvalue weighted by molar-refractivity contribution is 0.0696. The van der Waals surface area contributed by atoms with Gasteiger partial charge in [0.05, 0.1) is 16.2 Å². The molecule has 2 heterocycles. The number of aromatic carboxylic acids is 1. The van der Waals surface area contributed by atoms with Gasteiger partial charge in [0.2, 0.25) is 11.7 Å². The predicted molar refractivity (Wildman–Crippen MR) is 80.6 cm³/mol. The number of thioether (sulfide) groups is 1. The molecule has 0 aliphatic carbocycles. The van der Waals surface area contributed by atoms with Crippen LogP contribution in [-0.2, 0) is 5.75 Å². The second-order valence-corrected chi connectivity index (χ2v) is 6.11. The number of hydrogen-bond donors (Lipinski definition) is 1. The first-order chi connectivity index (χ1) is 10.2. The second kappa shape index (κ2) is 6.11. The molecule has 0 aliphatic heterocycles. The molecule has 0 aliphatic rings. The normalized spacial score (nSPS) is 10.7. The summed E-state index contributed by atoms with van der Waals surface area (Å²) in [5, 5.41) is 14.8. The van der Waals surface area contributed by atoms with Crippen molar-refractivity contribution in [3.8, 4) is 10.7 Å². The zero-order valence-corrected chi connectivity index (χ0v) is 12.4. The van der Waals surface area contributed by atoms with Crippen LogP contribution in [0.3, 0.4) is 0 Å². The highest BCUT2D eigenvalue weighted by molar-refractivity contribution is 7.98. The van der Waals surface area contributed by atoms with Crippen molar-refractivity contribution in [1.29, 1.82) is 0 Å². The van der Waals surface area contributed by atoms with Gasteiger partial charge in [-0.3, -0.25) is 0 Å². The van der Waals surface area contributed by atoms with Crippen molar-refractivity contribution >= 4 is 29.1 Å². The van der Waals surface area contributed by atoms with Gasteiger partial charge in [-0.1, -0.05) is 17.3 Å². The van der Waals surface area contributed by atoms with Crippen molar-refractivity contribution in [3.05, 3.63) is 53.2 Å². The maximum atomic E-state index is 10.9. The minimum Gasteiger partial charge on any atom is -0.478 e. The number of thiophene rings is 1. The zero-order valence-electron chi connectivity index (χ0n) is 10.7. The zero-order chi connectivity index (χ0) is 14.7. The summed E-state index contributed by atoms with van der Waals surface area (Å²) >= 11 is 3.01. The number of nitrogens with zero attached hydrogens (tertiary/aromatic N) is 2. The molecule has 0 unspecified atom stereocenters. The van der Waals surface area contributed by atoms with Crippen molar-refractivity contribution < 1.29 is 14.4 Å². The van der Waals surface area contributed by atoms with E-state index in [2.05, 4.69) is 10.1 Å². The predicted octanol–water partition coefficient (Wildman–Crippen LogP) is 3.79. The van der Waals surface area contributed by atoms with Gasteiger partial charge in [0.15, 0.2) is 0 Å². The van der Waals surface area contributed by atoms with E-state index in [1.54, 1.807) is 29.5 Å². The molecule has 0 fully saturated rings. The molecule has 7 heteroatoms. The minimum absolute atomic E-state index is 0.268. The van der Waals surface area contributed by atoms with Crippen molar-refractivity contribution in [1.82, 2.24) is 10.1 Å². The molecule has 0 saturated heterocycles. The number of carbonyl (C=O) groups is 1. The molecule has 3 rings (SSSR count). The Kier molecular flexibility index (Phi) is 4.03. The van der Waals surface area contributed by atoms with E-state index in [0.29, 0.717) is 17.5 Å². The topological polar surface area (TPSA) is 76.2 Å². The molecule has 0 atom stereocenters. The molecule has 0 amide bonds. The lowest BCUT2D eigenvalue weighted by atomic mass is 10.2. The highest BCUT2D eigenvalue weighted by atomic mass is 32.2. The summed E-state index contributed by atoms with van der Waals surface area (Å²) in [5.41, 5.74) is 0.268. The van der Waals surface area contributed by atoms with E-state index >= 15 is 0 Å². The largest absolute Gasteiger partial charge is 0.478 e. The highest BCUT2D eigenvalue weighted by Crippen LogP contribution is 2.25. The van der Waals surface area contributed by atoms with Crippen LogP contribution in [0.15, 0.2) is 51.2 Å². The van der Waals surface area contributed by atoms with Gasteiger partial charge in [0.25, 0.3) is 0 Å². The molecular formula is C14H10N2O3S2. The van der Waals surface area contributed by atoms with E-state index in [9.17, 15) is 4.79 Å². The van der Waals surface area contributed by atoms with E-state index in [1.165, 1.54) is 11.8 Å². The fourth-order valence-corrected chi connectivity index (χ4v) is 3.13. The minimum atomic E-state index is -0.935. The lowest BCUT2D eigenvalue weighted by Gasteiger charge is -1.99. The second-order valence-electron chi connectivity index (χ2n) is 4.11. The van der Waals surface area contributed by atoms with Gasteiger partial charge in [-0.15, -0.1) is 23.1 Å². The number of hydrogen-bond acceptors (Lipinski definition) is 6. The van der Waals surface area contributed by atoms with Crippen molar-refractivity contribution in [2.45, 2.75) is 10.6 Å². The third kappa shape index (κ3) is 3.32. The third-order valence-electron chi connectivity index (χ3n) is 2.65. The summed E-state index contributed by atoms with van der Waals surface area (Å²) in [5.74, 6) is 0.667. The number of carboxylic acid groups (broad SMARTS) is 1. The average Bonchev–Trinajstić information content (AvgIpc) is 3.16. The van der Waals surface area contributed by atoms with E-state index in [1.807, 2.05) is 23.6 Å². The molecule has 2 aromatic heterocycles. The Morgan fingerprint density at radius 2 is 2.24 bits per heavy atom. The van der Waals surface area contributed by atoms with Crippen LogP contribution < -0.4 is 0 Å². The summed E-state index contributed by atoms with van der Waals surface area (Å²) in [4.78, 5) is 17.0. The molecule has 0 saturated carbocycles. The fraction of sp³-hybridized carbons (Fsp3) is 0.0714. The third-order valence-corrected chi connectivity index (χ3v) is 4.50. The SMILES string of the molecule is O=C(O)c1cccc(SCc2nc(-c3cccs3)no2)c1. The van der Waals surface area contributed by atoms with Crippen LogP contribution in [0, 0.1) is 0 Å². The molecule has 5 nitrogen and oxygen atoms in total. The Balaban J connectivity index is 1.68. The van der Waals surface area contributed by atoms with E-state index < -0.39 is 5.97 Å². The highest BCUT2D eigenvalue weighted by Gasteiger charge is 2.10. The van der Waals surface area contributed by atoms with Gasteiger partial charge in [0, 0.05) is 4.90 Å². The van der Waals surface area contributed by atoms with Crippen LogP contribution in [0.25, 0.3) is 10.7 Å². The number of carboxylic acids is 1. The van der Waals surface area contributed by atoms with Crippen LogP contribution in [0.5, 0.6) is 0 Å². The van der Waals surface area contributed by atoms with Gasteiger partial charge in [-0.2, -0.15) is 4.98 Å². The Morgan fingerprint density at radius 1 is 1.33 bits per heavy atom. The van der Waals surface area contributed by atoms with Gasteiger partial charge in [0.1, 0.15) is 0 Å². The molecular weight excluding hydrogens is 308 g/mol. The smallest absolute Gasteiger partial charge is 0.335 e. The molecule has 21 heavy (non-hydrogen) atoms. The van der Waals surface area contributed by atoms with Crippen LogP contribution in [-0.4, -0.2) is 21.2 Å². The first-order valence-electron chi connectivity index (χ1n) is 6.05. The molecule has 0 bridgehead atoms. The Bertz CT molecular complexity index is 753.